The standard InChI is InChI=1S/C25H20ClN5O2/c26-20-12-6-4-8-17(20)16-30-24(33)19-11-5-7-13-21(19)31-22(28-29-25(30)31)14-15-23(32)27-18-9-2-1-3-10-18/h1-13H,14-16H2,(H,27,32). The predicted molar refractivity (Wildman–Crippen MR) is 129 cm³/mol. The maximum absolute atomic E-state index is 13.3. The van der Waals surface area contributed by atoms with E-state index in [0.29, 0.717) is 33.9 Å². The number of carbonyl (C=O) groups excluding carboxylic acids is 1. The van der Waals surface area contributed by atoms with Crippen LogP contribution in [-0.2, 0) is 17.8 Å². The Morgan fingerprint density at radius 3 is 2.45 bits per heavy atom. The monoisotopic (exact) mass is 457 g/mol. The number of hydrogen-bond acceptors (Lipinski definition) is 4. The van der Waals surface area contributed by atoms with Crippen molar-refractivity contribution >= 4 is 39.9 Å². The van der Waals surface area contributed by atoms with E-state index in [4.69, 9.17) is 11.6 Å². The highest BCUT2D eigenvalue weighted by molar-refractivity contribution is 6.31. The number of amides is 1. The number of anilines is 1. The molecule has 0 unspecified atom stereocenters. The highest BCUT2D eigenvalue weighted by Gasteiger charge is 2.18. The van der Waals surface area contributed by atoms with Gasteiger partial charge in [0.1, 0.15) is 5.82 Å². The van der Waals surface area contributed by atoms with Crippen molar-refractivity contribution in [2.24, 2.45) is 0 Å². The molecule has 0 aliphatic heterocycles. The fourth-order valence-corrected chi connectivity index (χ4v) is 4.08. The van der Waals surface area contributed by atoms with Gasteiger partial charge in [-0.25, -0.2) is 0 Å². The molecule has 0 radical (unpaired) electrons. The second kappa shape index (κ2) is 8.88. The van der Waals surface area contributed by atoms with E-state index in [0.717, 1.165) is 11.3 Å². The molecule has 8 heteroatoms. The molecule has 0 bridgehead atoms. The molecule has 1 N–H and O–H groups in total. The summed E-state index contributed by atoms with van der Waals surface area (Å²) in [7, 11) is 0. The number of fused-ring (bicyclic) bond motifs is 3. The molecule has 3 aromatic carbocycles. The highest BCUT2D eigenvalue weighted by Crippen LogP contribution is 2.20. The summed E-state index contributed by atoms with van der Waals surface area (Å²) in [5, 5.41) is 12.7. The third-order valence-electron chi connectivity index (χ3n) is 5.49. The van der Waals surface area contributed by atoms with E-state index in [9.17, 15) is 9.59 Å². The van der Waals surface area contributed by atoms with Crippen molar-refractivity contribution in [2.45, 2.75) is 19.4 Å². The van der Waals surface area contributed by atoms with Crippen LogP contribution < -0.4 is 10.9 Å². The minimum atomic E-state index is -0.168. The number of carbonyl (C=O) groups is 1. The van der Waals surface area contributed by atoms with Gasteiger partial charge in [0.2, 0.25) is 11.7 Å². The average Bonchev–Trinajstić information content (AvgIpc) is 3.26. The molecule has 1 amide bonds. The lowest BCUT2D eigenvalue weighted by atomic mass is 10.2. The number of aromatic nitrogens is 4. The lowest BCUT2D eigenvalue weighted by Gasteiger charge is -2.12. The van der Waals surface area contributed by atoms with Gasteiger partial charge >= 0.3 is 0 Å². The number of rotatable bonds is 6. The van der Waals surface area contributed by atoms with E-state index in [2.05, 4.69) is 15.5 Å². The van der Waals surface area contributed by atoms with Crippen molar-refractivity contribution in [1.82, 2.24) is 19.2 Å². The fraction of sp³-hybridized carbons (Fsp3) is 0.120. The summed E-state index contributed by atoms with van der Waals surface area (Å²) in [5.74, 6) is 0.904. The van der Waals surface area contributed by atoms with E-state index >= 15 is 0 Å². The summed E-state index contributed by atoms with van der Waals surface area (Å²) in [6.07, 6.45) is 0.599. The van der Waals surface area contributed by atoms with Crippen molar-refractivity contribution < 1.29 is 4.79 Å². The summed E-state index contributed by atoms with van der Waals surface area (Å²) in [6.45, 7) is 0.263. The van der Waals surface area contributed by atoms with Gasteiger partial charge in [-0.1, -0.05) is 60.1 Å². The molecule has 5 aromatic rings. The number of halogens is 1. The van der Waals surface area contributed by atoms with Crippen molar-refractivity contribution in [3.63, 3.8) is 0 Å². The van der Waals surface area contributed by atoms with E-state index in [1.807, 2.05) is 71.1 Å². The SMILES string of the molecule is O=C(CCc1nnc2n(Cc3ccccc3Cl)c(=O)c3ccccc3n12)Nc1ccccc1. The van der Waals surface area contributed by atoms with Gasteiger partial charge in [0.25, 0.3) is 5.56 Å². The lowest BCUT2D eigenvalue weighted by Crippen LogP contribution is -2.24. The number of para-hydroxylation sites is 2. The molecule has 7 nitrogen and oxygen atoms in total. The van der Waals surface area contributed by atoms with Crippen LogP contribution in [0.4, 0.5) is 5.69 Å². The molecule has 164 valence electrons. The van der Waals surface area contributed by atoms with Crippen molar-refractivity contribution in [3.8, 4) is 0 Å². The van der Waals surface area contributed by atoms with Crippen LogP contribution in [0.5, 0.6) is 0 Å². The summed E-state index contributed by atoms with van der Waals surface area (Å²) < 4.78 is 3.42. The third kappa shape index (κ3) is 4.10. The lowest BCUT2D eigenvalue weighted by molar-refractivity contribution is -0.116. The van der Waals surface area contributed by atoms with Gasteiger partial charge in [-0.2, -0.15) is 0 Å². The molecular weight excluding hydrogens is 438 g/mol. The minimum absolute atomic E-state index is 0.119. The van der Waals surface area contributed by atoms with Gasteiger partial charge in [0, 0.05) is 23.6 Å². The van der Waals surface area contributed by atoms with Crippen LogP contribution in [0.1, 0.15) is 17.8 Å². The number of nitrogens with zero attached hydrogens (tertiary/aromatic N) is 4. The molecule has 5 rings (SSSR count). The zero-order valence-electron chi connectivity index (χ0n) is 17.6. The number of benzene rings is 3. The van der Waals surface area contributed by atoms with Crippen molar-refractivity contribution in [3.05, 3.63) is 106 Å². The number of nitrogens with one attached hydrogen (secondary N) is 1. The molecule has 0 fully saturated rings. The summed E-state index contributed by atoms with van der Waals surface area (Å²) in [4.78, 5) is 25.8. The smallest absolute Gasteiger partial charge is 0.263 e. The predicted octanol–water partition coefficient (Wildman–Crippen LogP) is 4.32. The van der Waals surface area contributed by atoms with Crippen LogP contribution in [0.3, 0.4) is 0 Å². The molecular formula is C25H20ClN5O2. The van der Waals surface area contributed by atoms with Crippen LogP contribution in [0.25, 0.3) is 16.7 Å². The summed E-state index contributed by atoms with van der Waals surface area (Å²) >= 11 is 6.35. The first-order valence-electron chi connectivity index (χ1n) is 10.6. The third-order valence-corrected chi connectivity index (χ3v) is 5.86. The first-order valence-corrected chi connectivity index (χ1v) is 10.9. The van der Waals surface area contributed by atoms with Crippen molar-refractivity contribution in [1.29, 1.82) is 0 Å². The summed E-state index contributed by atoms with van der Waals surface area (Å²) in [5.41, 5.74) is 2.09. The molecule has 2 aromatic heterocycles. The largest absolute Gasteiger partial charge is 0.326 e. The molecule has 0 aliphatic carbocycles. The van der Waals surface area contributed by atoms with Crippen LogP contribution in [0.2, 0.25) is 5.02 Å². The minimum Gasteiger partial charge on any atom is -0.326 e. The molecule has 0 aliphatic rings. The zero-order chi connectivity index (χ0) is 22.8. The van der Waals surface area contributed by atoms with E-state index in [-0.39, 0.29) is 24.4 Å². The molecule has 0 saturated carbocycles. The van der Waals surface area contributed by atoms with Gasteiger partial charge in [-0.05, 0) is 35.9 Å². The van der Waals surface area contributed by atoms with Gasteiger partial charge in [0.05, 0.1) is 17.4 Å². The Morgan fingerprint density at radius 1 is 0.909 bits per heavy atom. The second-order valence-corrected chi connectivity index (χ2v) is 8.07. The van der Waals surface area contributed by atoms with Gasteiger partial charge in [-0.3, -0.25) is 18.6 Å². The molecule has 0 spiro atoms. The second-order valence-electron chi connectivity index (χ2n) is 7.67. The van der Waals surface area contributed by atoms with E-state index in [1.54, 1.807) is 16.7 Å². The van der Waals surface area contributed by atoms with Crippen LogP contribution >= 0.6 is 11.6 Å². The highest BCUT2D eigenvalue weighted by atomic mass is 35.5. The number of aryl methyl sites for hydroxylation is 1. The Bertz CT molecular complexity index is 1520. The fourth-order valence-electron chi connectivity index (χ4n) is 3.89. The van der Waals surface area contributed by atoms with Crippen LogP contribution in [-0.4, -0.2) is 25.1 Å². The van der Waals surface area contributed by atoms with Crippen LogP contribution in [0.15, 0.2) is 83.7 Å². The van der Waals surface area contributed by atoms with Gasteiger partial charge in [-0.15, -0.1) is 10.2 Å². The Morgan fingerprint density at radius 2 is 1.64 bits per heavy atom. The van der Waals surface area contributed by atoms with E-state index < -0.39 is 0 Å². The average molecular weight is 458 g/mol. The van der Waals surface area contributed by atoms with Gasteiger partial charge < -0.3 is 5.32 Å². The first-order chi connectivity index (χ1) is 16.1. The van der Waals surface area contributed by atoms with E-state index in [1.165, 1.54) is 0 Å². The van der Waals surface area contributed by atoms with Crippen LogP contribution in [0, 0.1) is 0 Å². The zero-order valence-corrected chi connectivity index (χ0v) is 18.4. The quantitative estimate of drug-likeness (QED) is 0.412. The number of hydrogen-bond donors (Lipinski definition) is 1. The summed E-state index contributed by atoms with van der Waals surface area (Å²) in [6, 6.07) is 24.0. The molecule has 2 heterocycles. The normalized spacial score (nSPS) is 11.2. The molecule has 33 heavy (non-hydrogen) atoms. The Kier molecular flexibility index (Phi) is 5.62. The Labute approximate surface area is 194 Å². The maximum atomic E-state index is 13.3. The molecule has 0 saturated heterocycles. The first kappa shape index (κ1) is 20.9. The topological polar surface area (TPSA) is 81.3 Å². The Balaban J connectivity index is 1.53. The Hall–Kier alpha value is -3.97. The van der Waals surface area contributed by atoms with Gasteiger partial charge in [0.15, 0.2) is 0 Å². The van der Waals surface area contributed by atoms with Crippen molar-refractivity contribution in [2.75, 3.05) is 5.32 Å². The maximum Gasteiger partial charge on any atom is 0.263 e. The molecule has 0 atom stereocenters.